The highest BCUT2D eigenvalue weighted by Crippen LogP contribution is 2.38. The maximum absolute atomic E-state index is 12.9. The summed E-state index contributed by atoms with van der Waals surface area (Å²) in [5, 5.41) is 8.84. The third-order valence-corrected chi connectivity index (χ3v) is 1.97. The van der Waals surface area contributed by atoms with Crippen molar-refractivity contribution >= 4 is 0 Å². The second-order valence-electron chi connectivity index (χ2n) is 3.16. The van der Waals surface area contributed by atoms with Crippen molar-refractivity contribution in [1.82, 2.24) is 0 Å². The normalized spacial score (nSPS) is 14.2. The van der Waals surface area contributed by atoms with Crippen LogP contribution in [0.15, 0.2) is 12.1 Å². The van der Waals surface area contributed by atoms with Gasteiger partial charge in [0.15, 0.2) is 6.10 Å². The maximum atomic E-state index is 12.9. The summed E-state index contributed by atoms with van der Waals surface area (Å²) in [5.41, 5.74) is -1.70. The third kappa shape index (κ3) is 2.51. The van der Waals surface area contributed by atoms with Crippen LogP contribution in [0.1, 0.15) is 11.7 Å². The van der Waals surface area contributed by atoms with Crippen LogP contribution in [0.3, 0.4) is 0 Å². The van der Waals surface area contributed by atoms with Crippen molar-refractivity contribution in [3.05, 3.63) is 35.1 Å². The fraction of sp³-hybridized carbons (Fsp3) is 0.333. The van der Waals surface area contributed by atoms with Gasteiger partial charge in [0.05, 0.1) is 5.56 Å². The van der Waals surface area contributed by atoms with E-state index in [0.29, 0.717) is 0 Å². The van der Waals surface area contributed by atoms with E-state index in [2.05, 4.69) is 0 Å². The second-order valence-corrected chi connectivity index (χ2v) is 3.16. The molecule has 1 aromatic carbocycles. The number of alkyl halides is 4. The standard InChI is InChI=1S/C9H5F7O/c10-3-1-4(11)6(5(12)2-3)7(17)9(15,16)8(13)14/h1-2,7-8,17H. The quantitative estimate of drug-likeness (QED) is 0.830. The van der Waals surface area contributed by atoms with E-state index in [-0.39, 0.29) is 12.1 Å². The molecule has 0 saturated heterocycles. The van der Waals surface area contributed by atoms with Gasteiger partial charge in [0.1, 0.15) is 17.5 Å². The van der Waals surface area contributed by atoms with Crippen molar-refractivity contribution < 1.29 is 35.8 Å². The lowest BCUT2D eigenvalue weighted by Gasteiger charge is -2.22. The topological polar surface area (TPSA) is 20.2 Å². The average molecular weight is 262 g/mol. The van der Waals surface area contributed by atoms with Crippen LogP contribution in [-0.2, 0) is 0 Å². The van der Waals surface area contributed by atoms with Crippen molar-refractivity contribution in [2.24, 2.45) is 0 Å². The molecule has 1 unspecified atom stereocenters. The van der Waals surface area contributed by atoms with E-state index < -0.39 is 41.5 Å². The van der Waals surface area contributed by atoms with Gasteiger partial charge in [-0.1, -0.05) is 0 Å². The lowest BCUT2D eigenvalue weighted by atomic mass is 10.0. The van der Waals surface area contributed by atoms with Crippen LogP contribution in [0.25, 0.3) is 0 Å². The van der Waals surface area contributed by atoms with Crippen molar-refractivity contribution in [2.45, 2.75) is 18.5 Å². The fourth-order valence-electron chi connectivity index (χ4n) is 1.13. The minimum Gasteiger partial charge on any atom is -0.382 e. The Labute approximate surface area is 90.5 Å². The number of benzene rings is 1. The number of hydrogen-bond acceptors (Lipinski definition) is 1. The van der Waals surface area contributed by atoms with Crippen molar-refractivity contribution in [2.75, 3.05) is 0 Å². The Balaban J connectivity index is 3.26. The highest BCUT2D eigenvalue weighted by atomic mass is 19.3. The SMILES string of the molecule is OC(c1c(F)cc(F)cc1F)C(F)(F)C(F)F. The van der Waals surface area contributed by atoms with Gasteiger partial charge in [-0.05, 0) is 0 Å². The van der Waals surface area contributed by atoms with E-state index in [4.69, 9.17) is 5.11 Å². The first-order chi connectivity index (χ1) is 7.67. The number of hydrogen-bond donors (Lipinski definition) is 1. The van der Waals surface area contributed by atoms with Crippen LogP contribution in [0.5, 0.6) is 0 Å². The fourth-order valence-corrected chi connectivity index (χ4v) is 1.13. The molecule has 0 amide bonds. The summed E-state index contributed by atoms with van der Waals surface area (Å²) in [6, 6.07) is 0.00632. The molecule has 0 aliphatic carbocycles. The number of aliphatic hydroxyl groups excluding tert-OH is 1. The number of rotatable bonds is 3. The smallest absolute Gasteiger partial charge is 0.336 e. The zero-order valence-electron chi connectivity index (χ0n) is 7.90. The van der Waals surface area contributed by atoms with Gasteiger partial charge in [0.2, 0.25) is 0 Å². The summed E-state index contributed by atoms with van der Waals surface area (Å²) in [6.07, 6.45) is -7.72. The van der Waals surface area contributed by atoms with E-state index in [1.807, 2.05) is 0 Å². The zero-order chi connectivity index (χ0) is 13.4. The Morgan fingerprint density at radius 1 is 1.00 bits per heavy atom. The highest BCUT2D eigenvalue weighted by Gasteiger charge is 2.50. The number of halogens is 7. The highest BCUT2D eigenvalue weighted by molar-refractivity contribution is 5.24. The lowest BCUT2D eigenvalue weighted by Crippen LogP contribution is -2.35. The minimum absolute atomic E-state index is 0.00316. The van der Waals surface area contributed by atoms with Crippen LogP contribution in [-0.4, -0.2) is 17.5 Å². The van der Waals surface area contributed by atoms with Gasteiger partial charge in [-0.3, -0.25) is 0 Å². The summed E-state index contributed by atoms with van der Waals surface area (Å²) in [6.45, 7) is 0. The van der Waals surface area contributed by atoms with E-state index in [0.717, 1.165) is 0 Å². The molecule has 0 saturated carbocycles. The van der Waals surface area contributed by atoms with Gasteiger partial charge in [0.25, 0.3) is 0 Å². The van der Waals surface area contributed by atoms with E-state index in [1.54, 1.807) is 0 Å². The van der Waals surface area contributed by atoms with Crippen LogP contribution < -0.4 is 0 Å². The van der Waals surface area contributed by atoms with Crippen LogP contribution >= 0.6 is 0 Å². The summed E-state index contributed by atoms with van der Waals surface area (Å²) >= 11 is 0. The largest absolute Gasteiger partial charge is 0.382 e. The summed E-state index contributed by atoms with van der Waals surface area (Å²) in [4.78, 5) is 0. The molecule has 0 fully saturated rings. The molecule has 17 heavy (non-hydrogen) atoms. The molecule has 0 aliphatic rings. The van der Waals surface area contributed by atoms with Crippen LogP contribution in [0.4, 0.5) is 30.7 Å². The Kier molecular flexibility index (Phi) is 3.65. The Morgan fingerprint density at radius 3 is 1.76 bits per heavy atom. The van der Waals surface area contributed by atoms with E-state index >= 15 is 0 Å². The lowest BCUT2D eigenvalue weighted by molar-refractivity contribution is -0.195. The molecule has 0 aromatic heterocycles. The number of aliphatic hydroxyl groups is 1. The van der Waals surface area contributed by atoms with Gasteiger partial charge in [-0.25, -0.2) is 22.0 Å². The molecule has 1 nitrogen and oxygen atoms in total. The summed E-state index contributed by atoms with van der Waals surface area (Å²) in [5.74, 6) is -10.2. The monoisotopic (exact) mass is 262 g/mol. The minimum atomic E-state index is -5.04. The van der Waals surface area contributed by atoms with Gasteiger partial charge in [-0.2, -0.15) is 8.78 Å². The zero-order valence-corrected chi connectivity index (χ0v) is 7.90. The molecule has 1 atom stereocenters. The van der Waals surface area contributed by atoms with Crippen molar-refractivity contribution in [1.29, 1.82) is 0 Å². The molecule has 0 radical (unpaired) electrons. The molecule has 0 bridgehead atoms. The van der Waals surface area contributed by atoms with Gasteiger partial charge < -0.3 is 5.11 Å². The van der Waals surface area contributed by atoms with Crippen molar-refractivity contribution in [3.8, 4) is 0 Å². The molecular weight excluding hydrogens is 257 g/mol. The van der Waals surface area contributed by atoms with E-state index in [9.17, 15) is 30.7 Å². The molecule has 1 N–H and O–H groups in total. The first-order valence-corrected chi connectivity index (χ1v) is 4.16. The molecule has 0 heterocycles. The second kappa shape index (κ2) is 4.52. The Morgan fingerprint density at radius 2 is 1.41 bits per heavy atom. The van der Waals surface area contributed by atoms with Gasteiger partial charge in [-0.15, -0.1) is 0 Å². The molecular formula is C9H5F7O. The molecule has 8 heteroatoms. The predicted molar refractivity (Wildman–Crippen MR) is 42.2 cm³/mol. The molecule has 96 valence electrons. The van der Waals surface area contributed by atoms with Crippen LogP contribution in [0, 0.1) is 17.5 Å². The molecule has 1 rings (SSSR count). The Bertz CT molecular complexity index is 395. The van der Waals surface area contributed by atoms with E-state index in [1.165, 1.54) is 0 Å². The Hall–Kier alpha value is -1.31. The van der Waals surface area contributed by atoms with Crippen LogP contribution in [0.2, 0.25) is 0 Å². The molecule has 1 aromatic rings. The average Bonchev–Trinajstić information content (AvgIpc) is 2.15. The molecule has 0 spiro atoms. The summed E-state index contributed by atoms with van der Waals surface area (Å²) < 4.78 is 87.3. The van der Waals surface area contributed by atoms with Gasteiger partial charge in [0, 0.05) is 12.1 Å². The first-order valence-electron chi connectivity index (χ1n) is 4.16. The van der Waals surface area contributed by atoms with Gasteiger partial charge >= 0.3 is 12.3 Å². The third-order valence-electron chi connectivity index (χ3n) is 1.97. The maximum Gasteiger partial charge on any atom is 0.336 e. The predicted octanol–water partition coefficient (Wildman–Crippen LogP) is 3.04. The molecule has 0 aliphatic heterocycles. The van der Waals surface area contributed by atoms with Crippen molar-refractivity contribution in [3.63, 3.8) is 0 Å². The summed E-state index contributed by atoms with van der Waals surface area (Å²) in [7, 11) is 0. The first kappa shape index (κ1) is 13.8.